The highest BCUT2D eigenvalue weighted by Crippen LogP contribution is 2.47. The number of carbonyl (C=O) groups excluding carboxylic acids is 1. The number of carbonyl (C=O) groups is 1. The van der Waals surface area contributed by atoms with Crippen LogP contribution in [0.15, 0.2) is 48.6 Å². The van der Waals surface area contributed by atoms with E-state index in [4.69, 9.17) is 16.3 Å². The maximum atomic E-state index is 13.3. The molecule has 224 valence electrons. The van der Waals surface area contributed by atoms with E-state index in [0.29, 0.717) is 42.7 Å². The van der Waals surface area contributed by atoms with Crippen LogP contribution >= 0.6 is 11.6 Å². The topological polar surface area (TPSA) is 95.9 Å². The highest BCUT2D eigenvalue weighted by atomic mass is 35.5. The minimum absolute atomic E-state index is 0.0655. The summed E-state index contributed by atoms with van der Waals surface area (Å²) in [5.74, 6) is 0.712. The van der Waals surface area contributed by atoms with Crippen molar-refractivity contribution in [2.24, 2.45) is 23.7 Å². The van der Waals surface area contributed by atoms with E-state index in [2.05, 4.69) is 21.8 Å². The van der Waals surface area contributed by atoms with Crippen LogP contribution in [0.3, 0.4) is 0 Å². The van der Waals surface area contributed by atoms with Crippen LogP contribution in [0.1, 0.15) is 66.4 Å². The fourth-order valence-electron chi connectivity index (χ4n) is 7.83. The van der Waals surface area contributed by atoms with Crippen LogP contribution in [-0.4, -0.2) is 51.0 Å². The Morgan fingerprint density at radius 2 is 1.88 bits per heavy atom. The summed E-state index contributed by atoms with van der Waals surface area (Å²) < 4.78 is 35.1. The molecule has 2 bridgehead atoms. The first-order valence-electron chi connectivity index (χ1n) is 15.4. The van der Waals surface area contributed by atoms with E-state index in [0.717, 1.165) is 62.2 Å². The van der Waals surface area contributed by atoms with Crippen molar-refractivity contribution in [1.82, 2.24) is 4.72 Å². The van der Waals surface area contributed by atoms with Crippen LogP contribution in [-0.2, 0) is 21.9 Å². The van der Waals surface area contributed by atoms with E-state index in [1.165, 1.54) is 11.1 Å². The Labute approximate surface area is 253 Å². The number of rotatable bonds is 1. The second-order valence-corrected chi connectivity index (χ2v) is 15.5. The van der Waals surface area contributed by atoms with Crippen LogP contribution in [0, 0.1) is 23.7 Å². The number of benzene rings is 2. The van der Waals surface area contributed by atoms with Crippen molar-refractivity contribution in [3.05, 3.63) is 70.3 Å². The standard InChI is InChI=1S/C33H39ClN2O5S/c34-26-10-12-28-22(15-26)4-2-14-33(28)19-36-17-24-8-11-27(24)30(37)5-1-3-25(21-6-7-21)18-42(39,40)35-32(38)23-9-13-31(41-20-33)29(36)16-23/h1,5,9-10,12-13,15-16,21,24-25,27,30,37H,2-4,6-8,11,14,17-20H2,(H,35,38)/b5-1+/t24?,25?,27?,30-,33?/m0/s1. The quantitative estimate of drug-likeness (QED) is 0.429. The Morgan fingerprint density at radius 1 is 1.05 bits per heavy atom. The summed E-state index contributed by atoms with van der Waals surface area (Å²) in [5, 5.41) is 11.9. The van der Waals surface area contributed by atoms with Crippen molar-refractivity contribution in [2.75, 3.05) is 30.3 Å². The molecule has 9 heteroatoms. The first-order chi connectivity index (χ1) is 20.2. The van der Waals surface area contributed by atoms with Crippen LogP contribution in [0.5, 0.6) is 5.75 Å². The summed E-state index contributed by atoms with van der Waals surface area (Å²) in [6.07, 6.45) is 10.9. The van der Waals surface area contributed by atoms with Crippen molar-refractivity contribution < 1.29 is 23.1 Å². The molecule has 2 aromatic rings. The van der Waals surface area contributed by atoms with Crippen molar-refractivity contribution in [3.8, 4) is 5.75 Å². The third-order valence-corrected chi connectivity index (χ3v) is 12.0. The summed E-state index contributed by atoms with van der Waals surface area (Å²) in [5.41, 5.74) is 3.38. The minimum atomic E-state index is -3.84. The molecule has 4 unspecified atom stereocenters. The lowest BCUT2D eigenvalue weighted by Gasteiger charge is -2.45. The molecule has 2 aliphatic heterocycles. The number of nitrogens with one attached hydrogen (secondary N) is 1. The Kier molecular flexibility index (Phi) is 7.30. The number of fused-ring (bicyclic) bond motifs is 4. The summed E-state index contributed by atoms with van der Waals surface area (Å²) in [6.45, 7) is 1.94. The number of anilines is 1. The Morgan fingerprint density at radius 3 is 2.67 bits per heavy atom. The van der Waals surface area contributed by atoms with Gasteiger partial charge in [-0.05, 0) is 116 Å². The summed E-state index contributed by atoms with van der Waals surface area (Å²) in [4.78, 5) is 15.7. The minimum Gasteiger partial charge on any atom is -0.490 e. The number of sulfonamides is 1. The zero-order chi connectivity index (χ0) is 29.1. The van der Waals surface area contributed by atoms with Crippen LogP contribution in [0.25, 0.3) is 0 Å². The van der Waals surface area contributed by atoms with Crippen LogP contribution in [0.4, 0.5) is 5.69 Å². The number of aryl methyl sites for hydroxylation is 1. The van der Waals surface area contributed by atoms with Gasteiger partial charge in [0.05, 0.1) is 24.2 Å². The lowest BCUT2D eigenvalue weighted by atomic mass is 9.68. The zero-order valence-corrected chi connectivity index (χ0v) is 25.4. The second-order valence-electron chi connectivity index (χ2n) is 13.3. The first-order valence-corrected chi connectivity index (χ1v) is 17.4. The van der Waals surface area contributed by atoms with Gasteiger partial charge in [-0.15, -0.1) is 0 Å². The largest absolute Gasteiger partial charge is 0.490 e. The molecule has 0 radical (unpaired) electrons. The number of allylic oxidation sites excluding steroid dienone is 1. The van der Waals surface area contributed by atoms with Gasteiger partial charge in [-0.25, -0.2) is 13.1 Å². The molecule has 2 fully saturated rings. The maximum absolute atomic E-state index is 13.3. The third kappa shape index (κ3) is 5.46. The molecule has 7 rings (SSSR count). The van der Waals surface area contributed by atoms with Crippen molar-refractivity contribution in [3.63, 3.8) is 0 Å². The summed E-state index contributed by atoms with van der Waals surface area (Å²) in [6, 6.07) is 11.4. The highest BCUT2D eigenvalue weighted by Gasteiger charge is 2.44. The van der Waals surface area contributed by atoms with E-state index >= 15 is 0 Å². The third-order valence-electron chi connectivity index (χ3n) is 10.4. The molecule has 2 saturated carbocycles. The van der Waals surface area contributed by atoms with E-state index < -0.39 is 22.0 Å². The highest BCUT2D eigenvalue weighted by molar-refractivity contribution is 7.90. The number of hydrogen-bond acceptors (Lipinski definition) is 6. The predicted octanol–water partition coefficient (Wildman–Crippen LogP) is 5.25. The molecule has 5 aliphatic rings. The molecular formula is C33H39ClN2O5S. The molecule has 42 heavy (non-hydrogen) atoms. The molecule has 2 aromatic carbocycles. The average Bonchev–Trinajstić information content (AvgIpc) is 3.78. The molecule has 2 heterocycles. The number of aliphatic hydroxyl groups excluding tert-OH is 1. The molecule has 3 aliphatic carbocycles. The fourth-order valence-corrected chi connectivity index (χ4v) is 9.48. The number of halogens is 1. The molecule has 1 spiro atoms. The van der Waals surface area contributed by atoms with Crippen molar-refractivity contribution >= 4 is 33.2 Å². The van der Waals surface area contributed by atoms with Gasteiger partial charge in [0.2, 0.25) is 10.0 Å². The second kappa shape index (κ2) is 10.9. The molecular weight excluding hydrogens is 572 g/mol. The molecule has 7 nitrogen and oxygen atoms in total. The van der Waals surface area contributed by atoms with Crippen molar-refractivity contribution in [1.29, 1.82) is 0 Å². The van der Waals surface area contributed by atoms with Crippen molar-refractivity contribution in [2.45, 2.75) is 62.9 Å². The van der Waals surface area contributed by atoms with Gasteiger partial charge >= 0.3 is 0 Å². The van der Waals surface area contributed by atoms with Gasteiger partial charge in [-0.3, -0.25) is 4.79 Å². The molecule has 2 N–H and O–H groups in total. The van der Waals surface area contributed by atoms with Gasteiger partial charge in [-0.1, -0.05) is 29.8 Å². The normalized spacial score (nSPS) is 33.3. The van der Waals surface area contributed by atoms with Gasteiger partial charge in [-0.2, -0.15) is 0 Å². The van der Waals surface area contributed by atoms with Gasteiger partial charge in [0, 0.05) is 29.1 Å². The Bertz CT molecular complexity index is 1520. The van der Waals surface area contributed by atoms with E-state index in [-0.39, 0.29) is 23.0 Å². The summed E-state index contributed by atoms with van der Waals surface area (Å²) in [7, 11) is -3.84. The molecule has 5 atom stereocenters. The maximum Gasteiger partial charge on any atom is 0.264 e. The van der Waals surface area contributed by atoms with Crippen LogP contribution < -0.4 is 14.4 Å². The van der Waals surface area contributed by atoms with Gasteiger partial charge in [0.15, 0.2) is 0 Å². The number of nitrogens with zero attached hydrogens (tertiary/aromatic N) is 1. The zero-order valence-electron chi connectivity index (χ0n) is 23.8. The Hall–Kier alpha value is -2.55. The molecule has 0 aromatic heterocycles. The van der Waals surface area contributed by atoms with Gasteiger partial charge in [0.1, 0.15) is 5.75 Å². The SMILES string of the molecule is O=C1NS(=O)(=O)CC(C2CC2)C/C=C/[C@H](O)C2CCC2CN2CC3(CCCc4cc(Cl)ccc43)COc3ccc1cc32. The number of hydrogen-bond donors (Lipinski definition) is 2. The first kappa shape index (κ1) is 28.2. The van der Waals surface area contributed by atoms with E-state index in [9.17, 15) is 18.3 Å². The fraction of sp³-hybridized carbons (Fsp3) is 0.545. The monoisotopic (exact) mass is 610 g/mol. The van der Waals surface area contributed by atoms with E-state index in [1.807, 2.05) is 18.2 Å². The Balaban J connectivity index is 1.27. The summed E-state index contributed by atoms with van der Waals surface area (Å²) >= 11 is 6.39. The van der Waals surface area contributed by atoms with Crippen LogP contribution in [0.2, 0.25) is 5.02 Å². The lowest BCUT2D eigenvalue weighted by Crippen LogP contribution is -2.49. The predicted molar refractivity (Wildman–Crippen MR) is 164 cm³/mol. The number of amides is 1. The van der Waals surface area contributed by atoms with E-state index in [1.54, 1.807) is 18.2 Å². The lowest BCUT2D eigenvalue weighted by molar-refractivity contribution is 0.0455. The van der Waals surface area contributed by atoms with Gasteiger partial charge < -0.3 is 14.7 Å². The smallest absolute Gasteiger partial charge is 0.264 e. The number of aliphatic hydroxyl groups is 1. The molecule has 1 amide bonds. The number of ether oxygens (including phenoxy) is 1. The average molecular weight is 611 g/mol. The molecule has 0 saturated heterocycles. The van der Waals surface area contributed by atoms with Gasteiger partial charge in [0.25, 0.3) is 5.91 Å².